The first kappa shape index (κ1) is 22.7. The van der Waals surface area contributed by atoms with E-state index < -0.39 is 0 Å². The molecule has 1 unspecified atom stereocenters. The molecule has 0 spiro atoms. The predicted octanol–water partition coefficient (Wildman–Crippen LogP) is 4.89. The van der Waals surface area contributed by atoms with Crippen molar-refractivity contribution in [3.05, 3.63) is 96.1 Å². The molecule has 26 heavy (non-hydrogen) atoms. The molecule has 0 aliphatic heterocycles. The Morgan fingerprint density at radius 1 is 1.08 bits per heavy atom. The van der Waals surface area contributed by atoms with Crippen molar-refractivity contribution in [2.24, 2.45) is 0 Å². The maximum absolute atomic E-state index is 2.36. The minimum atomic E-state index is 0. The first-order valence-corrected chi connectivity index (χ1v) is 10.7. The van der Waals surface area contributed by atoms with Crippen molar-refractivity contribution in [1.82, 2.24) is 4.90 Å². The van der Waals surface area contributed by atoms with Gasteiger partial charge in [-0.3, -0.25) is 0 Å². The molecule has 0 fully saturated rings. The smallest absolute Gasteiger partial charge is 0.214 e. The second-order valence-electron chi connectivity index (χ2n) is 6.11. The van der Waals surface area contributed by atoms with Crippen LogP contribution in [0.2, 0.25) is 5.32 Å². The van der Waals surface area contributed by atoms with Crippen LogP contribution in [0.1, 0.15) is 24.1 Å². The maximum atomic E-state index is 2.36. The zero-order valence-corrected chi connectivity index (χ0v) is 18.5. The van der Waals surface area contributed by atoms with Crippen molar-refractivity contribution in [1.29, 1.82) is 0 Å². The summed E-state index contributed by atoms with van der Waals surface area (Å²) in [7, 11) is 4.26. The molecule has 1 nitrogen and oxygen atoms in total. The molecule has 0 N–H and O–H groups in total. The van der Waals surface area contributed by atoms with Gasteiger partial charge in [0.1, 0.15) is 0 Å². The number of benzene rings is 1. The van der Waals surface area contributed by atoms with E-state index in [1.165, 1.54) is 15.6 Å². The fraction of sp³-hybridized carbons (Fsp3) is 0.217. The van der Waals surface area contributed by atoms with Crippen LogP contribution in [0.25, 0.3) is 6.08 Å². The topological polar surface area (TPSA) is 3.24 Å². The molecular formula is C23H27FeNSe. The Labute approximate surface area is 175 Å². The van der Waals surface area contributed by atoms with Crippen molar-refractivity contribution in [3.63, 3.8) is 0 Å². The Bertz CT molecular complexity index is 697. The van der Waals surface area contributed by atoms with Crippen LogP contribution in [0.15, 0.2) is 84.9 Å². The van der Waals surface area contributed by atoms with Crippen molar-refractivity contribution in [2.75, 3.05) is 14.1 Å². The molecule has 3 aromatic rings. The molecule has 3 aromatic carbocycles. The van der Waals surface area contributed by atoms with Crippen LogP contribution in [0, 0.1) is 0 Å². The molecular weight excluding hydrogens is 425 g/mol. The number of hydrogen-bond donors (Lipinski definition) is 0. The van der Waals surface area contributed by atoms with Gasteiger partial charge in [-0.15, -0.1) is 0 Å². The number of rotatable bonds is 6. The number of nitrogens with zero attached hydrogens (tertiary/aromatic N) is 1. The van der Waals surface area contributed by atoms with E-state index in [1.54, 1.807) is 0 Å². The molecule has 1 atom stereocenters. The molecule has 0 saturated heterocycles. The van der Waals surface area contributed by atoms with E-state index in [2.05, 4.69) is 86.6 Å². The largest absolute Gasteiger partial charge is 2.00 e. The molecule has 138 valence electrons. The minimum Gasteiger partial charge on any atom is -0.214 e. The van der Waals surface area contributed by atoms with Crippen LogP contribution in [-0.4, -0.2) is 34.0 Å². The second-order valence-corrected chi connectivity index (χ2v) is 8.40. The fourth-order valence-electron chi connectivity index (χ4n) is 2.30. The Morgan fingerprint density at radius 2 is 1.77 bits per heavy atom. The molecule has 0 aliphatic carbocycles. The Morgan fingerprint density at radius 3 is 2.35 bits per heavy atom. The molecule has 3 rings (SSSR count). The summed E-state index contributed by atoms with van der Waals surface area (Å²) in [4.78, 5) is 2.25. The van der Waals surface area contributed by atoms with Crippen LogP contribution in [0.5, 0.6) is 0 Å². The van der Waals surface area contributed by atoms with Gasteiger partial charge in [-0.05, 0) is 0 Å². The summed E-state index contributed by atoms with van der Waals surface area (Å²) in [6, 6.07) is 27.9. The first-order chi connectivity index (χ1) is 12.2. The molecule has 0 aromatic heterocycles. The van der Waals surface area contributed by atoms with Gasteiger partial charge in [-0.1, -0.05) is 0 Å². The summed E-state index contributed by atoms with van der Waals surface area (Å²) in [5.74, 6) is 0. The molecule has 3 heteroatoms. The third kappa shape index (κ3) is 8.36. The summed E-state index contributed by atoms with van der Waals surface area (Å²) in [6.45, 7) is 2.25. The van der Waals surface area contributed by atoms with E-state index in [4.69, 9.17) is 0 Å². The monoisotopic (exact) mass is 453 g/mol. The number of hydrogen-bond acceptors (Lipinski definition) is 1. The van der Waals surface area contributed by atoms with Crippen LogP contribution in [-0.2, 0) is 17.1 Å². The first-order valence-electron chi connectivity index (χ1n) is 8.61. The summed E-state index contributed by atoms with van der Waals surface area (Å²) >= 11 is 0.537. The van der Waals surface area contributed by atoms with Gasteiger partial charge in [0, 0.05) is 0 Å². The normalized spacial score (nSPS) is 11.7. The van der Waals surface area contributed by atoms with Crippen molar-refractivity contribution >= 4 is 25.5 Å². The average Bonchev–Trinajstić information content (AvgIpc) is 3.33. The van der Waals surface area contributed by atoms with Gasteiger partial charge in [0.2, 0.25) is 0 Å². The van der Waals surface area contributed by atoms with Gasteiger partial charge in [0.25, 0.3) is 0 Å². The van der Waals surface area contributed by atoms with Crippen LogP contribution >= 0.6 is 0 Å². The van der Waals surface area contributed by atoms with Crippen molar-refractivity contribution < 1.29 is 17.1 Å². The van der Waals surface area contributed by atoms with E-state index in [9.17, 15) is 0 Å². The molecule has 0 amide bonds. The molecule has 0 heterocycles. The minimum absolute atomic E-state index is 0. The average molecular weight is 452 g/mol. The molecule has 0 saturated carbocycles. The zero-order chi connectivity index (χ0) is 17.9. The SMILES string of the molecule is CC(c1cc([Se]C/C=C/c2ccccc2)c[cH-]1)N(C)C.[Fe+2].c1cc[cH-]c1. The van der Waals surface area contributed by atoms with E-state index in [0.29, 0.717) is 21.0 Å². The second kappa shape index (κ2) is 12.9. The third-order valence-corrected chi connectivity index (χ3v) is 6.00. The van der Waals surface area contributed by atoms with Crippen LogP contribution < -0.4 is 4.46 Å². The van der Waals surface area contributed by atoms with Gasteiger partial charge in [-0.25, -0.2) is 12.1 Å². The van der Waals surface area contributed by atoms with Gasteiger partial charge >= 0.3 is 146 Å². The summed E-state index contributed by atoms with van der Waals surface area (Å²) in [6.07, 6.45) is 4.51. The Hall–Kier alpha value is -1.34. The van der Waals surface area contributed by atoms with Crippen LogP contribution in [0.3, 0.4) is 0 Å². The Balaban J connectivity index is 0.000000486. The molecule has 0 radical (unpaired) electrons. The van der Waals surface area contributed by atoms with Gasteiger partial charge in [-0.2, -0.15) is 18.2 Å². The van der Waals surface area contributed by atoms with Gasteiger partial charge in [0.15, 0.2) is 0 Å². The van der Waals surface area contributed by atoms with Crippen molar-refractivity contribution in [2.45, 2.75) is 18.3 Å². The summed E-state index contributed by atoms with van der Waals surface area (Å²) < 4.78 is 1.50. The van der Waals surface area contributed by atoms with Crippen molar-refractivity contribution in [3.8, 4) is 0 Å². The predicted molar refractivity (Wildman–Crippen MR) is 112 cm³/mol. The zero-order valence-electron chi connectivity index (χ0n) is 15.7. The quantitative estimate of drug-likeness (QED) is 0.380. The molecule has 0 bridgehead atoms. The van der Waals surface area contributed by atoms with E-state index in [1.807, 2.05) is 30.3 Å². The molecule has 0 aliphatic rings. The van der Waals surface area contributed by atoms with Crippen LogP contribution in [0.4, 0.5) is 0 Å². The summed E-state index contributed by atoms with van der Waals surface area (Å²) in [5, 5.41) is 1.15. The van der Waals surface area contributed by atoms with E-state index in [0.717, 1.165) is 5.32 Å². The maximum Gasteiger partial charge on any atom is 2.00 e. The third-order valence-electron chi connectivity index (χ3n) is 4.02. The standard InChI is InChI=1S/C18H22NSe.C5H5.Fe/c1-15(19(2)3)17-11-12-18(14-17)20-13-7-10-16-8-5-4-6-9-16;1-2-4-5-3-1;/h4-12,14-15H,13H2,1-3H3;1-5H;/q2*-1;+2/b10-7+;;. The van der Waals surface area contributed by atoms with E-state index >= 15 is 0 Å². The Kier molecular flexibility index (Phi) is 11.3. The van der Waals surface area contributed by atoms with E-state index in [-0.39, 0.29) is 17.1 Å². The van der Waals surface area contributed by atoms with Gasteiger partial charge in [0.05, 0.1) is 0 Å². The fourth-order valence-corrected chi connectivity index (χ4v) is 3.91. The summed E-state index contributed by atoms with van der Waals surface area (Å²) in [5.41, 5.74) is 2.71. The number of allylic oxidation sites excluding steroid dienone is 1. The van der Waals surface area contributed by atoms with Gasteiger partial charge < -0.3 is 0 Å².